The molecule has 0 heterocycles. The van der Waals surface area contributed by atoms with Gasteiger partial charge in [-0.1, -0.05) is 62.9 Å². The Morgan fingerprint density at radius 1 is 1.21 bits per heavy atom. The fraction of sp³-hybridized carbons (Fsp3) is 0.647. The molecule has 0 bridgehead atoms. The minimum Gasteiger partial charge on any atom is -0.392 e. The van der Waals surface area contributed by atoms with Crippen molar-refractivity contribution in [3.05, 3.63) is 35.9 Å². The second-order valence-electron chi connectivity index (χ2n) is 5.82. The Bertz CT molecular complexity index is 346. The van der Waals surface area contributed by atoms with Crippen molar-refractivity contribution in [3.63, 3.8) is 0 Å². The van der Waals surface area contributed by atoms with Gasteiger partial charge in [0.25, 0.3) is 0 Å². The molecular weight excluding hydrogens is 234 g/mol. The van der Waals surface area contributed by atoms with Crippen molar-refractivity contribution in [1.29, 1.82) is 0 Å². The van der Waals surface area contributed by atoms with Crippen molar-refractivity contribution in [1.82, 2.24) is 5.32 Å². The number of aliphatic hydroxyl groups excluding tert-OH is 1. The van der Waals surface area contributed by atoms with Crippen LogP contribution in [-0.4, -0.2) is 17.8 Å². The third-order valence-electron chi connectivity index (χ3n) is 4.29. The number of rotatable bonds is 7. The fourth-order valence-electron chi connectivity index (χ4n) is 3.18. The highest BCUT2D eigenvalue weighted by molar-refractivity contribution is 5.18. The van der Waals surface area contributed by atoms with E-state index in [1.165, 1.54) is 31.2 Å². The lowest BCUT2D eigenvalue weighted by Gasteiger charge is -2.21. The van der Waals surface area contributed by atoms with E-state index in [1.807, 2.05) is 6.07 Å². The van der Waals surface area contributed by atoms with Gasteiger partial charge in [-0.25, -0.2) is 0 Å². The first-order chi connectivity index (χ1) is 9.29. The molecule has 0 aliphatic heterocycles. The minimum absolute atomic E-state index is 0.194. The van der Waals surface area contributed by atoms with Gasteiger partial charge in [0.2, 0.25) is 0 Å². The second-order valence-corrected chi connectivity index (χ2v) is 5.82. The van der Waals surface area contributed by atoms with Crippen molar-refractivity contribution in [2.75, 3.05) is 6.54 Å². The van der Waals surface area contributed by atoms with Gasteiger partial charge in [0.1, 0.15) is 0 Å². The minimum atomic E-state index is -0.194. The average molecular weight is 261 g/mol. The zero-order valence-electron chi connectivity index (χ0n) is 12.0. The SMILES string of the molecule is CCC(NCC(O)CC1CCCC1)c1ccccc1. The van der Waals surface area contributed by atoms with Crippen LogP contribution in [0.25, 0.3) is 0 Å². The third-order valence-corrected chi connectivity index (χ3v) is 4.29. The molecule has 1 fully saturated rings. The summed E-state index contributed by atoms with van der Waals surface area (Å²) in [6.45, 7) is 2.90. The van der Waals surface area contributed by atoms with Crippen LogP contribution in [0.2, 0.25) is 0 Å². The number of aliphatic hydroxyl groups is 1. The molecule has 19 heavy (non-hydrogen) atoms. The van der Waals surface area contributed by atoms with Crippen molar-refractivity contribution < 1.29 is 5.11 Å². The van der Waals surface area contributed by atoms with Crippen LogP contribution in [0.5, 0.6) is 0 Å². The molecule has 0 amide bonds. The van der Waals surface area contributed by atoms with Gasteiger partial charge in [-0.3, -0.25) is 0 Å². The van der Waals surface area contributed by atoms with Crippen LogP contribution < -0.4 is 5.32 Å². The van der Waals surface area contributed by atoms with E-state index in [2.05, 4.69) is 36.5 Å². The lowest BCUT2D eigenvalue weighted by Crippen LogP contribution is -2.31. The van der Waals surface area contributed by atoms with Gasteiger partial charge in [-0.2, -0.15) is 0 Å². The number of hydrogen-bond donors (Lipinski definition) is 2. The quantitative estimate of drug-likeness (QED) is 0.785. The zero-order chi connectivity index (χ0) is 13.5. The van der Waals surface area contributed by atoms with E-state index in [4.69, 9.17) is 0 Å². The Hall–Kier alpha value is -0.860. The van der Waals surface area contributed by atoms with E-state index < -0.39 is 0 Å². The predicted octanol–water partition coefficient (Wildman–Crippen LogP) is 3.67. The van der Waals surface area contributed by atoms with Crippen molar-refractivity contribution >= 4 is 0 Å². The molecule has 2 N–H and O–H groups in total. The number of benzene rings is 1. The van der Waals surface area contributed by atoms with Gasteiger partial charge in [0.05, 0.1) is 6.10 Å². The van der Waals surface area contributed by atoms with Gasteiger partial charge < -0.3 is 10.4 Å². The number of nitrogens with one attached hydrogen (secondary N) is 1. The topological polar surface area (TPSA) is 32.3 Å². The van der Waals surface area contributed by atoms with E-state index in [1.54, 1.807) is 0 Å². The lowest BCUT2D eigenvalue weighted by molar-refractivity contribution is 0.136. The highest BCUT2D eigenvalue weighted by Gasteiger charge is 2.19. The Labute approximate surface area is 117 Å². The summed E-state index contributed by atoms with van der Waals surface area (Å²) in [6, 6.07) is 10.9. The van der Waals surface area contributed by atoms with E-state index in [0.717, 1.165) is 18.8 Å². The van der Waals surface area contributed by atoms with Crippen molar-refractivity contribution in [2.24, 2.45) is 5.92 Å². The smallest absolute Gasteiger partial charge is 0.0667 e. The van der Waals surface area contributed by atoms with E-state index >= 15 is 0 Å². The Kier molecular flexibility index (Phi) is 5.87. The molecule has 2 atom stereocenters. The Morgan fingerprint density at radius 2 is 1.89 bits per heavy atom. The lowest BCUT2D eigenvalue weighted by atomic mass is 9.99. The normalized spacial score (nSPS) is 19.5. The zero-order valence-corrected chi connectivity index (χ0v) is 12.0. The monoisotopic (exact) mass is 261 g/mol. The molecule has 0 saturated heterocycles. The summed E-state index contributed by atoms with van der Waals surface area (Å²) >= 11 is 0. The largest absolute Gasteiger partial charge is 0.392 e. The molecule has 1 aliphatic carbocycles. The van der Waals surface area contributed by atoms with Crippen LogP contribution in [0, 0.1) is 5.92 Å². The molecule has 1 aromatic rings. The van der Waals surface area contributed by atoms with Crippen LogP contribution in [-0.2, 0) is 0 Å². The van der Waals surface area contributed by atoms with Crippen LogP contribution in [0.15, 0.2) is 30.3 Å². The van der Waals surface area contributed by atoms with E-state index in [9.17, 15) is 5.11 Å². The molecule has 0 spiro atoms. The first-order valence-corrected chi connectivity index (χ1v) is 7.76. The summed E-state index contributed by atoms with van der Waals surface area (Å²) in [4.78, 5) is 0. The van der Waals surface area contributed by atoms with E-state index in [0.29, 0.717) is 12.6 Å². The average Bonchev–Trinajstić information content (AvgIpc) is 2.93. The summed E-state index contributed by atoms with van der Waals surface area (Å²) in [5.41, 5.74) is 1.32. The summed E-state index contributed by atoms with van der Waals surface area (Å²) in [7, 11) is 0. The maximum Gasteiger partial charge on any atom is 0.0667 e. The molecule has 0 aromatic heterocycles. The molecule has 2 unspecified atom stereocenters. The second kappa shape index (κ2) is 7.66. The molecule has 1 aliphatic rings. The maximum atomic E-state index is 10.1. The van der Waals surface area contributed by atoms with E-state index in [-0.39, 0.29) is 6.10 Å². The molecule has 1 saturated carbocycles. The molecule has 106 valence electrons. The standard InChI is InChI=1S/C17H27NO/c1-2-17(15-10-4-3-5-11-15)18-13-16(19)12-14-8-6-7-9-14/h3-5,10-11,14,16-19H,2,6-9,12-13H2,1H3. The van der Waals surface area contributed by atoms with Gasteiger partial charge in [-0.05, 0) is 24.3 Å². The summed E-state index contributed by atoms with van der Waals surface area (Å²) < 4.78 is 0. The highest BCUT2D eigenvalue weighted by atomic mass is 16.3. The molecule has 0 radical (unpaired) electrons. The summed E-state index contributed by atoms with van der Waals surface area (Å²) in [5.74, 6) is 0.758. The first-order valence-electron chi connectivity index (χ1n) is 7.76. The molecule has 2 rings (SSSR count). The van der Waals surface area contributed by atoms with Crippen molar-refractivity contribution in [3.8, 4) is 0 Å². The van der Waals surface area contributed by atoms with Gasteiger partial charge >= 0.3 is 0 Å². The van der Waals surface area contributed by atoms with Gasteiger partial charge in [-0.15, -0.1) is 0 Å². The van der Waals surface area contributed by atoms with Crippen LogP contribution in [0.1, 0.15) is 57.1 Å². The maximum absolute atomic E-state index is 10.1. The summed E-state index contributed by atoms with van der Waals surface area (Å²) in [6.07, 6.45) is 7.16. The van der Waals surface area contributed by atoms with Crippen LogP contribution in [0.3, 0.4) is 0 Å². The highest BCUT2D eigenvalue weighted by Crippen LogP contribution is 2.28. The Balaban J connectivity index is 1.76. The predicted molar refractivity (Wildman–Crippen MR) is 80.1 cm³/mol. The summed E-state index contributed by atoms with van der Waals surface area (Å²) in [5, 5.41) is 13.6. The molecule has 2 heteroatoms. The third kappa shape index (κ3) is 4.63. The Morgan fingerprint density at radius 3 is 2.53 bits per heavy atom. The van der Waals surface area contributed by atoms with Crippen molar-refractivity contribution in [2.45, 2.75) is 57.6 Å². The fourth-order valence-corrected chi connectivity index (χ4v) is 3.18. The van der Waals surface area contributed by atoms with Crippen LogP contribution >= 0.6 is 0 Å². The molecule has 1 aromatic carbocycles. The van der Waals surface area contributed by atoms with Gasteiger partial charge in [0.15, 0.2) is 0 Å². The first kappa shape index (κ1) is 14.5. The molecule has 2 nitrogen and oxygen atoms in total. The van der Waals surface area contributed by atoms with Crippen LogP contribution in [0.4, 0.5) is 0 Å². The molecular formula is C17H27NO. The van der Waals surface area contributed by atoms with Gasteiger partial charge in [0, 0.05) is 12.6 Å². The number of hydrogen-bond acceptors (Lipinski definition) is 2.